The molecule has 0 heterocycles. The van der Waals surface area contributed by atoms with E-state index < -0.39 is 0 Å². The maximum atomic E-state index is 9.96. The summed E-state index contributed by atoms with van der Waals surface area (Å²) in [5.74, 6) is 0.172. The zero-order valence-corrected chi connectivity index (χ0v) is 13.5. The third-order valence-corrected chi connectivity index (χ3v) is 3.70. The quantitative estimate of drug-likeness (QED) is 0.377. The summed E-state index contributed by atoms with van der Waals surface area (Å²) in [7, 11) is 0. The molecule has 0 atom stereocenters. The number of hydrogen-bond donors (Lipinski definition) is 3. The summed E-state index contributed by atoms with van der Waals surface area (Å²) in [4.78, 5) is 0. The first-order chi connectivity index (χ1) is 11.2. The lowest BCUT2D eigenvalue weighted by atomic mass is 10.0. The topological polar surface area (TPSA) is 64.9 Å². The molecule has 0 aliphatic carbocycles. The summed E-state index contributed by atoms with van der Waals surface area (Å²) in [5.41, 5.74) is 5.23. The molecule has 0 amide bonds. The molecule has 2 aromatic rings. The molecule has 0 aliphatic heterocycles. The third kappa shape index (κ3) is 5.33. The van der Waals surface area contributed by atoms with Crippen LogP contribution < -0.4 is 5.43 Å². The van der Waals surface area contributed by atoms with Crippen molar-refractivity contribution in [3.63, 3.8) is 0 Å². The van der Waals surface area contributed by atoms with Crippen LogP contribution >= 0.6 is 0 Å². The van der Waals surface area contributed by atoms with Gasteiger partial charge < -0.3 is 10.2 Å². The molecule has 4 nitrogen and oxygen atoms in total. The normalized spacial score (nSPS) is 11.0. The van der Waals surface area contributed by atoms with Gasteiger partial charge in [-0.1, -0.05) is 44.4 Å². The Morgan fingerprint density at radius 2 is 1.78 bits per heavy atom. The number of nitrogens with zero attached hydrogens (tertiary/aromatic N) is 1. The number of aromatic hydroxyl groups is 2. The van der Waals surface area contributed by atoms with Crippen LogP contribution in [0, 0.1) is 0 Å². The van der Waals surface area contributed by atoms with Crippen LogP contribution in [-0.4, -0.2) is 16.4 Å². The van der Waals surface area contributed by atoms with Crippen molar-refractivity contribution in [2.24, 2.45) is 5.10 Å². The second-order valence-electron chi connectivity index (χ2n) is 5.59. The lowest BCUT2D eigenvalue weighted by Gasteiger charge is -2.08. The van der Waals surface area contributed by atoms with Gasteiger partial charge in [-0.25, -0.2) is 0 Å². The number of phenolic OH excluding ortho intramolecular Hbond substituents is 2. The Kier molecular flexibility index (Phi) is 6.48. The van der Waals surface area contributed by atoms with Crippen LogP contribution in [0.3, 0.4) is 0 Å². The van der Waals surface area contributed by atoms with Crippen LogP contribution in [0.5, 0.6) is 11.5 Å². The maximum Gasteiger partial charge on any atom is 0.128 e. The van der Waals surface area contributed by atoms with E-state index in [9.17, 15) is 10.2 Å². The van der Waals surface area contributed by atoms with E-state index in [2.05, 4.69) is 17.5 Å². The number of benzene rings is 2. The molecule has 0 aliphatic rings. The van der Waals surface area contributed by atoms with E-state index in [0.29, 0.717) is 5.56 Å². The lowest BCUT2D eigenvalue weighted by molar-refractivity contribution is 0.444. The molecule has 0 saturated heterocycles. The minimum atomic E-state index is 0.0263. The van der Waals surface area contributed by atoms with Gasteiger partial charge in [0.05, 0.1) is 11.9 Å². The lowest BCUT2D eigenvalue weighted by Crippen LogP contribution is -1.94. The van der Waals surface area contributed by atoms with E-state index in [1.54, 1.807) is 12.3 Å². The Morgan fingerprint density at radius 1 is 1.00 bits per heavy atom. The number of para-hydroxylation sites is 1. The molecule has 3 N–H and O–H groups in total. The molecule has 0 fully saturated rings. The van der Waals surface area contributed by atoms with Crippen molar-refractivity contribution in [3.05, 3.63) is 53.6 Å². The molecule has 0 radical (unpaired) electrons. The van der Waals surface area contributed by atoms with E-state index >= 15 is 0 Å². The van der Waals surface area contributed by atoms with Gasteiger partial charge >= 0.3 is 0 Å². The minimum Gasteiger partial charge on any atom is -0.508 e. The molecule has 0 unspecified atom stereocenters. The summed E-state index contributed by atoms with van der Waals surface area (Å²) in [6.07, 6.45) is 6.94. The number of aryl methyl sites for hydroxylation is 1. The molecule has 0 bridgehead atoms. The summed E-state index contributed by atoms with van der Waals surface area (Å²) in [6, 6.07) is 12.8. The van der Waals surface area contributed by atoms with Crippen molar-refractivity contribution in [1.82, 2.24) is 0 Å². The van der Waals surface area contributed by atoms with Gasteiger partial charge in [-0.15, -0.1) is 0 Å². The summed E-state index contributed by atoms with van der Waals surface area (Å²) < 4.78 is 0. The molecule has 4 heteroatoms. The number of anilines is 1. The Hall–Kier alpha value is -2.49. The highest BCUT2D eigenvalue weighted by molar-refractivity contribution is 5.84. The Morgan fingerprint density at radius 3 is 2.52 bits per heavy atom. The first kappa shape index (κ1) is 16.9. The summed E-state index contributed by atoms with van der Waals surface area (Å²) in [5, 5.41) is 24.0. The van der Waals surface area contributed by atoms with E-state index in [4.69, 9.17) is 0 Å². The monoisotopic (exact) mass is 312 g/mol. The highest BCUT2D eigenvalue weighted by atomic mass is 16.3. The average Bonchev–Trinajstić information content (AvgIpc) is 2.56. The SMILES string of the molecule is CCCCCCc1cc(/C=N/Nc2ccccc2)c(O)cc1O. The fraction of sp³-hybridized carbons (Fsp3) is 0.316. The highest BCUT2D eigenvalue weighted by Gasteiger charge is 2.07. The number of phenols is 2. The molecule has 0 aromatic heterocycles. The second kappa shape index (κ2) is 8.83. The zero-order chi connectivity index (χ0) is 16.5. The summed E-state index contributed by atoms with van der Waals surface area (Å²) in [6.45, 7) is 2.17. The van der Waals surface area contributed by atoms with Crippen molar-refractivity contribution in [2.75, 3.05) is 5.43 Å². The summed E-state index contributed by atoms with van der Waals surface area (Å²) >= 11 is 0. The van der Waals surface area contributed by atoms with Gasteiger partial charge in [-0.2, -0.15) is 5.10 Å². The van der Waals surface area contributed by atoms with Crippen LogP contribution in [0.2, 0.25) is 0 Å². The smallest absolute Gasteiger partial charge is 0.128 e. The fourth-order valence-corrected chi connectivity index (χ4v) is 2.38. The maximum absolute atomic E-state index is 9.96. The fourth-order valence-electron chi connectivity index (χ4n) is 2.38. The van der Waals surface area contributed by atoms with E-state index in [0.717, 1.165) is 30.5 Å². The molecule has 0 spiro atoms. The van der Waals surface area contributed by atoms with Crippen LogP contribution in [0.1, 0.15) is 43.7 Å². The Balaban J connectivity index is 2.02. The number of nitrogens with one attached hydrogen (secondary N) is 1. The van der Waals surface area contributed by atoms with Crippen molar-refractivity contribution in [2.45, 2.75) is 39.0 Å². The number of rotatable bonds is 8. The number of hydrogen-bond acceptors (Lipinski definition) is 4. The van der Waals surface area contributed by atoms with Crippen molar-refractivity contribution >= 4 is 11.9 Å². The van der Waals surface area contributed by atoms with Gasteiger partial charge in [0.15, 0.2) is 0 Å². The molecular weight excluding hydrogens is 288 g/mol. The van der Waals surface area contributed by atoms with Crippen molar-refractivity contribution in [1.29, 1.82) is 0 Å². The zero-order valence-electron chi connectivity index (χ0n) is 13.5. The second-order valence-corrected chi connectivity index (χ2v) is 5.59. The van der Waals surface area contributed by atoms with Crippen LogP contribution in [-0.2, 0) is 6.42 Å². The third-order valence-electron chi connectivity index (χ3n) is 3.70. The van der Waals surface area contributed by atoms with E-state index in [-0.39, 0.29) is 11.5 Å². The number of unbranched alkanes of at least 4 members (excludes halogenated alkanes) is 3. The standard InChI is InChI=1S/C19H24N2O2/c1-2-3-4-6-9-15-12-16(19(23)13-18(15)22)14-20-21-17-10-7-5-8-11-17/h5,7-8,10-14,21-23H,2-4,6,9H2,1H3/b20-14+. The number of hydrazone groups is 1. The molecule has 122 valence electrons. The van der Waals surface area contributed by atoms with Crippen LogP contribution in [0.4, 0.5) is 5.69 Å². The van der Waals surface area contributed by atoms with Gasteiger partial charge in [0.1, 0.15) is 11.5 Å². The van der Waals surface area contributed by atoms with Crippen LogP contribution in [0.25, 0.3) is 0 Å². The molecule has 2 rings (SSSR count). The van der Waals surface area contributed by atoms with E-state index in [1.807, 2.05) is 30.3 Å². The predicted molar refractivity (Wildman–Crippen MR) is 95.3 cm³/mol. The predicted octanol–water partition coefficient (Wildman–Crippen LogP) is 4.67. The van der Waals surface area contributed by atoms with Gasteiger partial charge in [-0.3, -0.25) is 5.43 Å². The van der Waals surface area contributed by atoms with Gasteiger partial charge in [0.2, 0.25) is 0 Å². The molecule has 23 heavy (non-hydrogen) atoms. The first-order valence-electron chi connectivity index (χ1n) is 8.09. The van der Waals surface area contributed by atoms with Crippen molar-refractivity contribution < 1.29 is 10.2 Å². The van der Waals surface area contributed by atoms with Crippen molar-refractivity contribution in [3.8, 4) is 11.5 Å². The average molecular weight is 312 g/mol. The Bertz CT molecular complexity index is 639. The van der Waals surface area contributed by atoms with E-state index in [1.165, 1.54) is 18.9 Å². The van der Waals surface area contributed by atoms with Gasteiger partial charge in [0.25, 0.3) is 0 Å². The molecular formula is C19H24N2O2. The molecule has 2 aromatic carbocycles. The van der Waals surface area contributed by atoms with Gasteiger partial charge in [-0.05, 0) is 36.6 Å². The Labute approximate surface area is 137 Å². The minimum absolute atomic E-state index is 0.0263. The largest absolute Gasteiger partial charge is 0.508 e. The highest BCUT2D eigenvalue weighted by Crippen LogP contribution is 2.27. The first-order valence-corrected chi connectivity index (χ1v) is 8.09. The molecule has 0 saturated carbocycles. The van der Waals surface area contributed by atoms with Gasteiger partial charge in [0, 0.05) is 11.6 Å². The van der Waals surface area contributed by atoms with Crippen LogP contribution in [0.15, 0.2) is 47.6 Å².